The van der Waals surface area contributed by atoms with Crippen LogP contribution in [-0.4, -0.2) is 53.3 Å². The summed E-state index contributed by atoms with van der Waals surface area (Å²) in [5.41, 5.74) is 6.22. The summed E-state index contributed by atoms with van der Waals surface area (Å²) in [5.74, 6) is -2.18. The van der Waals surface area contributed by atoms with E-state index in [0.29, 0.717) is 32.5 Å². The monoisotopic (exact) mass is 477 g/mol. The summed E-state index contributed by atoms with van der Waals surface area (Å²) in [6, 6.07) is 9.90. The quantitative estimate of drug-likeness (QED) is 0.539. The fourth-order valence-electron chi connectivity index (χ4n) is 3.97. The van der Waals surface area contributed by atoms with Crippen molar-refractivity contribution in [2.75, 3.05) is 19.6 Å². The minimum absolute atomic E-state index is 0.0661. The van der Waals surface area contributed by atoms with Gasteiger partial charge in [0.25, 0.3) is 5.91 Å². The Kier molecular flexibility index (Phi) is 8.06. The van der Waals surface area contributed by atoms with Crippen molar-refractivity contribution in [1.82, 2.24) is 10.2 Å². The van der Waals surface area contributed by atoms with Crippen molar-refractivity contribution >= 4 is 17.7 Å². The number of amides is 1. The highest BCUT2D eigenvalue weighted by molar-refractivity contribution is 5.97. The average molecular weight is 477 g/mol. The van der Waals surface area contributed by atoms with Crippen molar-refractivity contribution in [3.8, 4) is 0 Å². The molecule has 1 atom stereocenters. The van der Waals surface area contributed by atoms with E-state index in [0.717, 1.165) is 23.8 Å². The Hall–Kier alpha value is -3.24. The smallest absolute Gasteiger partial charge is 0.416 e. The van der Waals surface area contributed by atoms with E-state index in [1.54, 1.807) is 24.3 Å². The van der Waals surface area contributed by atoms with Crippen LogP contribution in [0.3, 0.4) is 0 Å². The van der Waals surface area contributed by atoms with Crippen molar-refractivity contribution in [3.05, 3.63) is 70.8 Å². The standard InChI is InChI=1S/C24H26F3N3O4/c25-24(26,27)19-3-1-2-18(12-19)22(32)29-13-20(31)21(28)16-8-10-30(11-9-16)14-15-4-6-17(7-5-15)23(33)34/h1-7,12,16,21H,8-11,13-14,28H2,(H,29,32)(H,33,34). The van der Waals surface area contributed by atoms with Gasteiger partial charge in [0.05, 0.1) is 23.7 Å². The lowest BCUT2D eigenvalue weighted by Crippen LogP contribution is -2.47. The number of Topliss-reactive ketones (excluding diaryl/α,β-unsaturated/α-hetero) is 1. The molecule has 1 aliphatic heterocycles. The van der Waals surface area contributed by atoms with Crippen LogP contribution in [0.4, 0.5) is 13.2 Å². The Morgan fingerprint density at radius 1 is 1.06 bits per heavy atom. The first-order chi connectivity index (χ1) is 16.0. The highest BCUT2D eigenvalue weighted by atomic mass is 19.4. The molecule has 3 rings (SSSR count). The SMILES string of the molecule is NC(C(=O)CNC(=O)c1cccc(C(F)(F)F)c1)C1CCN(Cc2ccc(C(=O)O)cc2)CC1. The summed E-state index contributed by atoms with van der Waals surface area (Å²) < 4.78 is 38.5. The van der Waals surface area contributed by atoms with Gasteiger partial charge in [-0.3, -0.25) is 14.5 Å². The number of hydrogen-bond donors (Lipinski definition) is 3. The van der Waals surface area contributed by atoms with Crippen LogP contribution in [0.2, 0.25) is 0 Å². The first-order valence-corrected chi connectivity index (χ1v) is 10.8. The minimum Gasteiger partial charge on any atom is -0.478 e. The van der Waals surface area contributed by atoms with Gasteiger partial charge in [-0.15, -0.1) is 0 Å². The van der Waals surface area contributed by atoms with Crippen LogP contribution in [0.15, 0.2) is 48.5 Å². The normalized spacial score (nSPS) is 16.1. The number of benzene rings is 2. The molecule has 0 radical (unpaired) electrons. The number of piperidine rings is 1. The first kappa shape index (κ1) is 25.4. The fourth-order valence-corrected chi connectivity index (χ4v) is 3.97. The maximum absolute atomic E-state index is 12.8. The molecule has 7 nitrogen and oxygen atoms in total. The minimum atomic E-state index is -4.56. The van der Waals surface area contributed by atoms with E-state index in [1.165, 1.54) is 6.07 Å². The summed E-state index contributed by atoms with van der Waals surface area (Å²) >= 11 is 0. The van der Waals surface area contributed by atoms with Gasteiger partial charge in [-0.25, -0.2) is 4.79 Å². The molecule has 0 bridgehead atoms. The van der Waals surface area contributed by atoms with Gasteiger partial charge < -0.3 is 16.2 Å². The van der Waals surface area contributed by atoms with Gasteiger partial charge in [0.1, 0.15) is 0 Å². The number of hydrogen-bond acceptors (Lipinski definition) is 5. The van der Waals surface area contributed by atoms with Crippen molar-refractivity contribution in [2.24, 2.45) is 11.7 Å². The van der Waals surface area contributed by atoms with Crippen molar-refractivity contribution < 1.29 is 32.7 Å². The van der Waals surface area contributed by atoms with Gasteiger partial charge in [-0.2, -0.15) is 13.2 Å². The van der Waals surface area contributed by atoms with E-state index >= 15 is 0 Å². The lowest BCUT2D eigenvalue weighted by molar-refractivity contribution is -0.137. The molecule has 34 heavy (non-hydrogen) atoms. The number of nitrogens with one attached hydrogen (secondary N) is 1. The molecule has 0 saturated carbocycles. The molecule has 0 spiro atoms. The van der Waals surface area contributed by atoms with Crippen molar-refractivity contribution in [1.29, 1.82) is 0 Å². The van der Waals surface area contributed by atoms with E-state index in [9.17, 15) is 27.6 Å². The first-order valence-electron chi connectivity index (χ1n) is 10.8. The predicted molar refractivity (Wildman–Crippen MR) is 118 cm³/mol. The number of carbonyl (C=O) groups excluding carboxylic acids is 2. The number of carbonyl (C=O) groups is 3. The predicted octanol–water partition coefficient (Wildman–Crippen LogP) is 2.94. The Bertz CT molecular complexity index is 1030. The third-order valence-electron chi connectivity index (χ3n) is 5.99. The largest absolute Gasteiger partial charge is 0.478 e. The lowest BCUT2D eigenvalue weighted by Gasteiger charge is -2.34. The molecule has 1 fully saturated rings. The number of nitrogens with zero attached hydrogens (tertiary/aromatic N) is 1. The number of carboxylic acids is 1. The number of aromatic carboxylic acids is 1. The second-order valence-corrected chi connectivity index (χ2v) is 8.37. The van der Waals surface area contributed by atoms with Gasteiger partial charge in [0.15, 0.2) is 5.78 Å². The molecule has 1 unspecified atom stereocenters. The molecule has 182 valence electrons. The topological polar surface area (TPSA) is 113 Å². The number of rotatable bonds is 8. The summed E-state index contributed by atoms with van der Waals surface area (Å²) in [6.07, 6.45) is -3.20. The Balaban J connectivity index is 1.45. The van der Waals surface area contributed by atoms with E-state index in [2.05, 4.69) is 10.2 Å². The molecule has 2 aromatic rings. The third kappa shape index (κ3) is 6.64. The molecule has 2 aromatic carbocycles. The van der Waals surface area contributed by atoms with E-state index in [-0.39, 0.29) is 29.4 Å². The van der Waals surface area contributed by atoms with Gasteiger partial charge in [-0.05, 0) is 67.7 Å². The van der Waals surface area contributed by atoms with Gasteiger partial charge in [0, 0.05) is 12.1 Å². The van der Waals surface area contributed by atoms with Crippen LogP contribution in [0.5, 0.6) is 0 Å². The Morgan fingerprint density at radius 3 is 2.29 bits per heavy atom. The van der Waals surface area contributed by atoms with Crippen LogP contribution in [0, 0.1) is 5.92 Å². The van der Waals surface area contributed by atoms with Crippen molar-refractivity contribution in [3.63, 3.8) is 0 Å². The lowest BCUT2D eigenvalue weighted by atomic mass is 9.87. The molecule has 1 amide bonds. The maximum atomic E-state index is 12.8. The number of likely N-dealkylation sites (tertiary alicyclic amines) is 1. The van der Waals surface area contributed by atoms with Gasteiger partial charge in [0.2, 0.25) is 0 Å². The highest BCUT2D eigenvalue weighted by Crippen LogP contribution is 2.29. The third-order valence-corrected chi connectivity index (χ3v) is 5.99. The van der Waals surface area contributed by atoms with Crippen LogP contribution in [-0.2, 0) is 17.5 Å². The van der Waals surface area contributed by atoms with Crippen molar-refractivity contribution in [2.45, 2.75) is 31.6 Å². The average Bonchev–Trinajstić information content (AvgIpc) is 2.82. The van der Waals surface area contributed by atoms with Crippen LogP contribution in [0.1, 0.15) is 44.7 Å². The van der Waals surface area contributed by atoms with Crippen LogP contribution in [0.25, 0.3) is 0 Å². The number of alkyl halides is 3. The number of halogens is 3. The second-order valence-electron chi connectivity index (χ2n) is 8.37. The summed E-state index contributed by atoms with van der Waals surface area (Å²) in [5, 5.41) is 11.3. The molecule has 0 aliphatic carbocycles. The molecule has 1 aliphatic rings. The zero-order valence-corrected chi connectivity index (χ0v) is 18.3. The highest BCUT2D eigenvalue weighted by Gasteiger charge is 2.31. The summed E-state index contributed by atoms with van der Waals surface area (Å²) in [6.45, 7) is 1.72. The number of nitrogens with two attached hydrogens (primary N) is 1. The molecule has 10 heteroatoms. The second kappa shape index (κ2) is 10.8. The zero-order chi connectivity index (χ0) is 24.9. The number of ketones is 1. The molecule has 1 heterocycles. The molecular formula is C24H26F3N3O4. The Labute approximate surface area is 194 Å². The molecule has 4 N–H and O–H groups in total. The maximum Gasteiger partial charge on any atom is 0.416 e. The zero-order valence-electron chi connectivity index (χ0n) is 18.3. The summed E-state index contributed by atoms with van der Waals surface area (Å²) in [4.78, 5) is 37.8. The van der Waals surface area contributed by atoms with E-state index in [4.69, 9.17) is 10.8 Å². The molecule has 1 saturated heterocycles. The fraction of sp³-hybridized carbons (Fsp3) is 0.375. The molecular weight excluding hydrogens is 451 g/mol. The van der Waals surface area contributed by atoms with Crippen LogP contribution < -0.4 is 11.1 Å². The van der Waals surface area contributed by atoms with E-state index < -0.39 is 29.7 Å². The van der Waals surface area contributed by atoms with E-state index in [1.807, 2.05) is 0 Å². The van der Waals surface area contributed by atoms with Crippen LogP contribution >= 0.6 is 0 Å². The van der Waals surface area contributed by atoms with Gasteiger partial charge >= 0.3 is 12.1 Å². The molecule has 0 aromatic heterocycles. The summed E-state index contributed by atoms with van der Waals surface area (Å²) in [7, 11) is 0. The Morgan fingerprint density at radius 2 is 1.71 bits per heavy atom. The number of carboxylic acid groups (broad SMARTS) is 1. The van der Waals surface area contributed by atoms with Gasteiger partial charge in [-0.1, -0.05) is 18.2 Å².